The molecule has 1 aliphatic heterocycles. The van der Waals surface area contributed by atoms with Crippen LogP contribution in [0.25, 0.3) is 11.4 Å². The average molecular weight is 450 g/mol. The number of nitrogens with zero attached hydrogens (tertiary/aromatic N) is 3. The van der Waals surface area contributed by atoms with E-state index in [4.69, 9.17) is 14.0 Å². The molecule has 2 heterocycles. The lowest BCUT2D eigenvalue weighted by Crippen LogP contribution is -2.40. The molecular weight excluding hydrogens is 424 g/mol. The Labute approximate surface area is 191 Å². The van der Waals surface area contributed by atoms with Gasteiger partial charge in [-0.05, 0) is 36.6 Å². The number of rotatable bonds is 8. The lowest BCUT2D eigenvalue weighted by atomic mass is 9.91. The maximum atomic E-state index is 13.2. The van der Waals surface area contributed by atoms with Crippen LogP contribution in [0.15, 0.2) is 47.0 Å². The van der Waals surface area contributed by atoms with Gasteiger partial charge in [0, 0.05) is 6.07 Å². The van der Waals surface area contributed by atoms with Crippen LogP contribution in [0, 0.1) is 0 Å². The van der Waals surface area contributed by atoms with Crippen LogP contribution in [0.5, 0.6) is 11.5 Å². The Morgan fingerprint density at radius 3 is 2.52 bits per heavy atom. The van der Waals surface area contributed by atoms with E-state index >= 15 is 0 Å². The Bertz CT molecular complexity index is 1170. The molecule has 1 aromatic heterocycles. The van der Waals surface area contributed by atoms with Crippen molar-refractivity contribution in [2.45, 2.75) is 38.8 Å². The lowest BCUT2D eigenvalue weighted by Gasteiger charge is -2.22. The molecule has 1 fully saturated rings. The third-order valence-corrected chi connectivity index (χ3v) is 5.76. The third-order valence-electron chi connectivity index (χ3n) is 5.76. The molecule has 0 bridgehead atoms. The van der Waals surface area contributed by atoms with Gasteiger partial charge >= 0.3 is 6.03 Å². The molecule has 3 amide bonds. The van der Waals surface area contributed by atoms with Crippen molar-refractivity contribution in [2.75, 3.05) is 14.2 Å². The standard InChI is InChI=1S/C24H26N4O5/c1-5-6-15-7-9-16(10-8-15)24(2)22(29)28(23(30)26-24)14-20-25-21(27-33-20)18-12-11-17(31-3)13-19(18)32-4/h7-13H,5-6,14H2,1-4H3,(H,26,30). The number of imide groups is 1. The van der Waals surface area contributed by atoms with E-state index in [0.29, 0.717) is 17.1 Å². The molecule has 0 spiro atoms. The van der Waals surface area contributed by atoms with Crippen LogP contribution >= 0.6 is 0 Å². The molecule has 0 saturated carbocycles. The second kappa shape index (κ2) is 8.93. The number of methoxy groups -OCH3 is 2. The number of carbonyl (C=O) groups is 2. The number of aryl methyl sites for hydroxylation is 1. The van der Waals surface area contributed by atoms with Crippen LogP contribution < -0.4 is 14.8 Å². The van der Waals surface area contributed by atoms with Crippen LogP contribution in [-0.4, -0.2) is 41.2 Å². The van der Waals surface area contributed by atoms with Gasteiger partial charge in [-0.3, -0.25) is 9.69 Å². The van der Waals surface area contributed by atoms with Crippen LogP contribution in [0.3, 0.4) is 0 Å². The van der Waals surface area contributed by atoms with Crippen molar-refractivity contribution in [3.63, 3.8) is 0 Å². The van der Waals surface area contributed by atoms with Crippen molar-refractivity contribution in [1.29, 1.82) is 0 Å². The first kappa shape index (κ1) is 22.3. The van der Waals surface area contributed by atoms with Crippen molar-refractivity contribution >= 4 is 11.9 Å². The van der Waals surface area contributed by atoms with E-state index in [2.05, 4.69) is 22.4 Å². The smallest absolute Gasteiger partial charge is 0.325 e. The first-order valence-corrected chi connectivity index (χ1v) is 10.7. The Balaban J connectivity index is 1.54. The van der Waals surface area contributed by atoms with Crippen LogP contribution in [0.1, 0.15) is 37.3 Å². The van der Waals surface area contributed by atoms with Crippen molar-refractivity contribution < 1.29 is 23.6 Å². The number of hydrogen-bond acceptors (Lipinski definition) is 7. The Kier molecular flexibility index (Phi) is 6.04. The summed E-state index contributed by atoms with van der Waals surface area (Å²) in [7, 11) is 3.09. The molecular formula is C24H26N4O5. The second-order valence-corrected chi connectivity index (χ2v) is 7.97. The number of carbonyl (C=O) groups excluding carboxylic acids is 2. The SMILES string of the molecule is CCCc1ccc(C2(C)NC(=O)N(Cc3nc(-c4ccc(OC)cc4OC)no3)C2=O)cc1. The molecule has 3 aromatic rings. The van der Waals surface area contributed by atoms with Gasteiger partial charge in [0.05, 0.1) is 19.8 Å². The largest absolute Gasteiger partial charge is 0.497 e. The number of nitrogens with one attached hydrogen (secondary N) is 1. The average Bonchev–Trinajstić information content (AvgIpc) is 3.38. The molecule has 9 nitrogen and oxygen atoms in total. The van der Waals surface area contributed by atoms with Gasteiger partial charge in [-0.1, -0.05) is 42.8 Å². The molecule has 1 aliphatic rings. The van der Waals surface area contributed by atoms with E-state index in [1.807, 2.05) is 24.3 Å². The van der Waals surface area contributed by atoms with E-state index < -0.39 is 11.6 Å². The number of hydrogen-bond donors (Lipinski definition) is 1. The summed E-state index contributed by atoms with van der Waals surface area (Å²) in [5, 5.41) is 6.79. The van der Waals surface area contributed by atoms with Crippen LogP contribution in [-0.2, 0) is 23.3 Å². The first-order chi connectivity index (χ1) is 15.9. The molecule has 33 heavy (non-hydrogen) atoms. The molecule has 9 heteroatoms. The predicted octanol–water partition coefficient (Wildman–Crippen LogP) is 3.67. The van der Waals surface area contributed by atoms with E-state index in [-0.39, 0.29) is 24.2 Å². The van der Waals surface area contributed by atoms with Gasteiger partial charge in [0.1, 0.15) is 23.6 Å². The monoisotopic (exact) mass is 450 g/mol. The number of aromatic nitrogens is 2. The summed E-state index contributed by atoms with van der Waals surface area (Å²) < 4.78 is 15.9. The first-order valence-electron chi connectivity index (χ1n) is 10.7. The summed E-state index contributed by atoms with van der Waals surface area (Å²) in [6, 6.07) is 12.4. The van der Waals surface area contributed by atoms with Gasteiger partial charge < -0.3 is 19.3 Å². The number of benzene rings is 2. The highest BCUT2D eigenvalue weighted by atomic mass is 16.5. The third kappa shape index (κ3) is 4.13. The lowest BCUT2D eigenvalue weighted by molar-refractivity contribution is -0.131. The van der Waals surface area contributed by atoms with Gasteiger partial charge in [-0.25, -0.2) is 4.79 Å². The topological polar surface area (TPSA) is 107 Å². The molecule has 4 rings (SSSR count). The van der Waals surface area contributed by atoms with Crippen LogP contribution in [0.4, 0.5) is 4.79 Å². The summed E-state index contributed by atoms with van der Waals surface area (Å²) in [6.07, 6.45) is 2.00. The van der Waals surface area contributed by atoms with Gasteiger partial charge in [0.15, 0.2) is 0 Å². The molecule has 1 atom stereocenters. The van der Waals surface area contributed by atoms with Gasteiger partial charge in [-0.2, -0.15) is 4.98 Å². The number of ether oxygens (including phenoxy) is 2. The minimum atomic E-state index is -1.16. The fourth-order valence-electron chi connectivity index (χ4n) is 3.88. The normalized spacial score (nSPS) is 17.9. The van der Waals surface area contributed by atoms with Gasteiger partial charge in [-0.15, -0.1) is 0 Å². The minimum absolute atomic E-state index is 0.133. The molecule has 1 saturated heterocycles. The van der Waals surface area contributed by atoms with Crippen molar-refractivity contribution in [3.05, 3.63) is 59.5 Å². The molecule has 1 unspecified atom stereocenters. The summed E-state index contributed by atoms with van der Waals surface area (Å²) in [4.78, 5) is 31.3. The van der Waals surface area contributed by atoms with E-state index in [1.165, 1.54) is 12.7 Å². The maximum absolute atomic E-state index is 13.2. The number of urea groups is 1. The zero-order valence-corrected chi connectivity index (χ0v) is 19.0. The molecule has 172 valence electrons. The second-order valence-electron chi connectivity index (χ2n) is 7.97. The zero-order valence-electron chi connectivity index (χ0n) is 19.0. The highest BCUT2D eigenvalue weighted by Gasteiger charge is 2.49. The summed E-state index contributed by atoms with van der Waals surface area (Å²) >= 11 is 0. The van der Waals surface area contributed by atoms with Gasteiger partial charge in [0.2, 0.25) is 11.7 Å². The summed E-state index contributed by atoms with van der Waals surface area (Å²) in [5.41, 5.74) is 1.34. The highest BCUT2D eigenvalue weighted by Crippen LogP contribution is 2.33. The van der Waals surface area contributed by atoms with Crippen molar-refractivity contribution in [3.8, 4) is 22.9 Å². The minimum Gasteiger partial charge on any atom is -0.497 e. The quantitative estimate of drug-likeness (QED) is 0.522. The summed E-state index contributed by atoms with van der Waals surface area (Å²) in [5.74, 6) is 1.17. The molecule has 2 aromatic carbocycles. The van der Waals surface area contributed by atoms with E-state index in [9.17, 15) is 9.59 Å². The molecule has 0 radical (unpaired) electrons. The Morgan fingerprint density at radius 2 is 1.85 bits per heavy atom. The predicted molar refractivity (Wildman–Crippen MR) is 120 cm³/mol. The molecule has 0 aliphatic carbocycles. The Hall–Kier alpha value is -3.88. The highest BCUT2D eigenvalue weighted by molar-refractivity contribution is 6.07. The van der Waals surface area contributed by atoms with Crippen molar-refractivity contribution in [1.82, 2.24) is 20.4 Å². The fourth-order valence-corrected chi connectivity index (χ4v) is 3.88. The number of amides is 3. The van der Waals surface area contributed by atoms with Gasteiger partial charge in [0.25, 0.3) is 5.91 Å². The fraction of sp³-hybridized carbons (Fsp3) is 0.333. The maximum Gasteiger partial charge on any atom is 0.325 e. The Morgan fingerprint density at radius 1 is 1.09 bits per heavy atom. The zero-order chi connectivity index (χ0) is 23.6. The molecule has 1 N–H and O–H groups in total. The van der Waals surface area contributed by atoms with Crippen LogP contribution in [0.2, 0.25) is 0 Å². The summed E-state index contributed by atoms with van der Waals surface area (Å²) in [6.45, 7) is 3.67. The van der Waals surface area contributed by atoms with E-state index in [1.54, 1.807) is 32.2 Å². The van der Waals surface area contributed by atoms with Crippen molar-refractivity contribution in [2.24, 2.45) is 0 Å². The van der Waals surface area contributed by atoms with E-state index in [0.717, 1.165) is 23.3 Å².